The second-order valence-electron chi connectivity index (χ2n) is 9.74. The Labute approximate surface area is 180 Å². The van der Waals surface area contributed by atoms with Gasteiger partial charge in [0.05, 0.1) is 5.02 Å². The van der Waals surface area contributed by atoms with Gasteiger partial charge in [0.15, 0.2) is 0 Å². The van der Waals surface area contributed by atoms with Crippen LogP contribution in [0.5, 0.6) is 5.75 Å². The summed E-state index contributed by atoms with van der Waals surface area (Å²) in [6, 6.07) is 5.35. The molecule has 1 amide bonds. The van der Waals surface area contributed by atoms with E-state index in [-0.39, 0.29) is 24.5 Å². The van der Waals surface area contributed by atoms with Gasteiger partial charge in [0.2, 0.25) is 0 Å². The molecule has 2 heterocycles. The van der Waals surface area contributed by atoms with Gasteiger partial charge in [0, 0.05) is 44.9 Å². The largest absolute Gasteiger partial charge is 0.489 e. The highest BCUT2D eigenvalue weighted by Gasteiger charge is 2.26. The summed E-state index contributed by atoms with van der Waals surface area (Å²) in [4.78, 5) is 17.1. The highest BCUT2D eigenvalue weighted by atomic mass is 35.5. The molecule has 1 atom stereocenters. The lowest BCUT2D eigenvalue weighted by molar-refractivity contribution is 0.0620. The summed E-state index contributed by atoms with van der Waals surface area (Å²) >= 11 is 6.46. The van der Waals surface area contributed by atoms with Crippen LogP contribution >= 0.6 is 11.6 Å². The number of rotatable bonds is 5. The first-order chi connectivity index (χ1) is 13.7. The molecule has 2 saturated heterocycles. The van der Waals surface area contributed by atoms with Crippen molar-refractivity contribution in [3.63, 3.8) is 0 Å². The molecule has 2 aliphatic rings. The lowest BCUT2D eigenvalue weighted by Gasteiger charge is -2.36. The molecule has 29 heavy (non-hydrogen) atoms. The van der Waals surface area contributed by atoms with Crippen molar-refractivity contribution in [1.82, 2.24) is 9.80 Å². The van der Waals surface area contributed by atoms with Crippen LogP contribution in [0.4, 0.5) is 0 Å². The number of benzene rings is 1. The van der Waals surface area contributed by atoms with Crippen molar-refractivity contribution in [3.05, 3.63) is 28.8 Å². The smallest absolute Gasteiger partial charge is 0.253 e. The maximum atomic E-state index is 12.8. The third-order valence-electron chi connectivity index (χ3n) is 5.77. The Bertz CT molecular complexity index is 696. The number of nitrogens with zero attached hydrogens (tertiary/aromatic N) is 2. The zero-order valence-electron chi connectivity index (χ0n) is 18.0. The second-order valence-corrected chi connectivity index (χ2v) is 10.1. The molecular formula is C23H35ClN2O3. The van der Waals surface area contributed by atoms with E-state index in [1.54, 1.807) is 12.1 Å². The van der Waals surface area contributed by atoms with Gasteiger partial charge < -0.3 is 19.6 Å². The van der Waals surface area contributed by atoms with Crippen LogP contribution < -0.4 is 4.74 Å². The van der Waals surface area contributed by atoms with Crippen LogP contribution in [0.1, 0.15) is 56.8 Å². The summed E-state index contributed by atoms with van der Waals surface area (Å²) in [7, 11) is 0. The highest BCUT2D eigenvalue weighted by molar-refractivity contribution is 6.32. The predicted molar refractivity (Wildman–Crippen MR) is 117 cm³/mol. The van der Waals surface area contributed by atoms with E-state index in [4.69, 9.17) is 16.3 Å². The molecule has 162 valence electrons. The number of carbonyl (C=O) groups is 1. The Balaban J connectivity index is 1.55. The van der Waals surface area contributed by atoms with E-state index < -0.39 is 0 Å². The molecule has 0 aromatic heterocycles. The van der Waals surface area contributed by atoms with E-state index in [1.807, 2.05) is 11.0 Å². The number of carbonyl (C=O) groups excluding carboxylic acids is 1. The van der Waals surface area contributed by atoms with Gasteiger partial charge in [-0.2, -0.15) is 0 Å². The molecule has 2 aliphatic heterocycles. The fourth-order valence-corrected chi connectivity index (χ4v) is 4.57. The first-order valence-electron chi connectivity index (χ1n) is 10.8. The summed E-state index contributed by atoms with van der Waals surface area (Å²) in [5.41, 5.74) is 0.895. The molecule has 0 bridgehead atoms. The van der Waals surface area contributed by atoms with Crippen molar-refractivity contribution in [2.24, 2.45) is 11.3 Å². The molecule has 0 radical (unpaired) electrons. The fraction of sp³-hybridized carbons (Fsp3) is 0.696. The average molecular weight is 423 g/mol. The highest BCUT2D eigenvalue weighted by Crippen LogP contribution is 2.30. The predicted octanol–water partition coefficient (Wildman–Crippen LogP) is 4.07. The van der Waals surface area contributed by atoms with Gasteiger partial charge in [-0.3, -0.25) is 4.79 Å². The van der Waals surface area contributed by atoms with E-state index >= 15 is 0 Å². The Morgan fingerprint density at radius 2 is 1.93 bits per heavy atom. The second kappa shape index (κ2) is 9.67. The lowest BCUT2D eigenvalue weighted by Crippen LogP contribution is -2.42. The van der Waals surface area contributed by atoms with Crippen molar-refractivity contribution in [3.8, 4) is 5.75 Å². The number of ether oxygens (including phenoxy) is 1. The Morgan fingerprint density at radius 3 is 2.55 bits per heavy atom. The lowest BCUT2D eigenvalue weighted by atomic mass is 9.94. The molecule has 0 saturated carbocycles. The zero-order valence-corrected chi connectivity index (χ0v) is 18.7. The first-order valence-corrected chi connectivity index (χ1v) is 11.2. The van der Waals surface area contributed by atoms with E-state index in [1.165, 1.54) is 0 Å². The number of halogens is 1. The number of likely N-dealkylation sites (tertiary alicyclic amines) is 2. The van der Waals surface area contributed by atoms with Crippen LogP contribution in [0, 0.1) is 11.3 Å². The first kappa shape index (κ1) is 22.4. The molecule has 6 heteroatoms. The normalized spacial score (nSPS) is 22.0. The van der Waals surface area contributed by atoms with Crippen molar-refractivity contribution in [2.45, 2.75) is 52.6 Å². The number of amides is 1. The van der Waals surface area contributed by atoms with E-state index in [2.05, 4.69) is 25.7 Å². The number of aliphatic hydroxyl groups excluding tert-OH is 1. The van der Waals surface area contributed by atoms with Gasteiger partial charge in [-0.25, -0.2) is 0 Å². The van der Waals surface area contributed by atoms with Gasteiger partial charge in [0.1, 0.15) is 11.9 Å². The molecule has 0 aliphatic carbocycles. The van der Waals surface area contributed by atoms with Gasteiger partial charge in [-0.05, 0) is 55.2 Å². The van der Waals surface area contributed by atoms with E-state index in [0.29, 0.717) is 28.3 Å². The molecule has 3 rings (SSSR count). The minimum atomic E-state index is -0.0212. The van der Waals surface area contributed by atoms with Crippen LogP contribution in [-0.2, 0) is 0 Å². The van der Waals surface area contributed by atoms with Crippen molar-refractivity contribution < 1.29 is 14.6 Å². The van der Waals surface area contributed by atoms with Gasteiger partial charge in [-0.15, -0.1) is 0 Å². The van der Waals surface area contributed by atoms with Crippen LogP contribution in [0.15, 0.2) is 18.2 Å². The van der Waals surface area contributed by atoms with Gasteiger partial charge >= 0.3 is 0 Å². The summed E-state index contributed by atoms with van der Waals surface area (Å²) in [5.74, 6) is 0.811. The fourth-order valence-electron chi connectivity index (χ4n) is 4.35. The van der Waals surface area contributed by atoms with Crippen LogP contribution in [0.2, 0.25) is 5.02 Å². The summed E-state index contributed by atoms with van der Waals surface area (Å²) < 4.78 is 6.16. The maximum absolute atomic E-state index is 12.8. The Morgan fingerprint density at radius 1 is 1.21 bits per heavy atom. The molecule has 0 spiro atoms. The minimum absolute atomic E-state index is 0.0212. The number of piperidine rings is 2. The number of aliphatic hydroxyl groups is 1. The number of hydrogen-bond donors (Lipinski definition) is 1. The molecule has 2 fully saturated rings. The third-order valence-corrected chi connectivity index (χ3v) is 6.06. The molecular weight excluding hydrogens is 388 g/mol. The molecule has 5 nitrogen and oxygen atoms in total. The minimum Gasteiger partial charge on any atom is -0.489 e. The monoisotopic (exact) mass is 422 g/mol. The van der Waals surface area contributed by atoms with E-state index in [0.717, 1.165) is 51.9 Å². The van der Waals surface area contributed by atoms with Crippen LogP contribution in [0.3, 0.4) is 0 Å². The SMILES string of the molecule is CC(C)(C)CN1CCC(Oc2ccc(C(=O)N3CCC[C@H](CO)C3)cc2Cl)CC1. The van der Waals surface area contributed by atoms with Crippen molar-refractivity contribution >= 4 is 17.5 Å². The van der Waals surface area contributed by atoms with Crippen LogP contribution in [0.25, 0.3) is 0 Å². The van der Waals surface area contributed by atoms with Gasteiger partial charge in [0.25, 0.3) is 5.91 Å². The van der Waals surface area contributed by atoms with Crippen molar-refractivity contribution in [1.29, 1.82) is 0 Å². The molecule has 0 unspecified atom stereocenters. The molecule has 1 N–H and O–H groups in total. The Kier molecular flexibility index (Phi) is 7.47. The van der Waals surface area contributed by atoms with Crippen LogP contribution in [-0.4, -0.2) is 66.2 Å². The standard InChI is InChI=1S/C23H35ClN2O3/c1-23(2,3)16-25-11-8-19(9-12-25)29-21-7-6-18(13-20(21)24)22(28)26-10-4-5-17(14-26)15-27/h6-7,13,17,19,27H,4-5,8-12,14-16H2,1-3H3/t17-/m0/s1. The number of hydrogen-bond acceptors (Lipinski definition) is 4. The zero-order chi connectivity index (χ0) is 21.0. The average Bonchev–Trinajstić information content (AvgIpc) is 2.69. The quantitative estimate of drug-likeness (QED) is 0.776. The molecule has 1 aromatic carbocycles. The van der Waals surface area contributed by atoms with Gasteiger partial charge in [-0.1, -0.05) is 32.4 Å². The molecule has 1 aromatic rings. The third kappa shape index (κ3) is 6.34. The topological polar surface area (TPSA) is 53.0 Å². The summed E-state index contributed by atoms with van der Waals surface area (Å²) in [6.07, 6.45) is 4.05. The van der Waals surface area contributed by atoms with E-state index in [9.17, 15) is 9.90 Å². The summed E-state index contributed by atoms with van der Waals surface area (Å²) in [6.45, 7) is 11.5. The maximum Gasteiger partial charge on any atom is 0.253 e. The summed E-state index contributed by atoms with van der Waals surface area (Å²) in [5, 5.41) is 9.88. The Hall–Kier alpha value is -1.30. The van der Waals surface area contributed by atoms with Crippen molar-refractivity contribution in [2.75, 3.05) is 39.3 Å².